The monoisotopic (exact) mass is 199 g/mol. The third-order valence-electron chi connectivity index (χ3n) is 2.72. The van der Waals surface area contributed by atoms with E-state index in [1.165, 1.54) is 25.7 Å². The molecule has 0 aliphatic heterocycles. The van der Waals surface area contributed by atoms with Crippen molar-refractivity contribution in [2.75, 3.05) is 6.54 Å². The third-order valence-corrected chi connectivity index (χ3v) is 2.72. The Morgan fingerprint density at radius 1 is 1.50 bits per heavy atom. The molecule has 1 fully saturated rings. The summed E-state index contributed by atoms with van der Waals surface area (Å²) in [6.45, 7) is 5.17. The van der Waals surface area contributed by atoms with Crippen molar-refractivity contribution in [1.29, 1.82) is 0 Å². The van der Waals surface area contributed by atoms with Gasteiger partial charge in [-0.1, -0.05) is 31.8 Å². The number of guanidine groups is 1. The lowest BCUT2D eigenvalue weighted by Crippen LogP contribution is -2.45. The van der Waals surface area contributed by atoms with Crippen LogP contribution in [-0.4, -0.2) is 28.7 Å². The summed E-state index contributed by atoms with van der Waals surface area (Å²) in [7, 11) is 0. The molecule has 1 aliphatic carbocycles. The molecule has 0 unspecified atom stereocenters. The van der Waals surface area contributed by atoms with Gasteiger partial charge in [0, 0.05) is 12.6 Å². The molecule has 0 bridgehead atoms. The molecule has 0 aromatic carbocycles. The minimum Gasteiger partial charge on any atom is -0.408 e. The van der Waals surface area contributed by atoms with Gasteiger partial charge in [0.1, 0.15) is 0 Å². The highest BCUT2D eigenvalue weighted by Crippen LogP contribution is 2.23. The van der Waals surface area contributed by atoms with Gasteiger partial charge in [-0.05, 0) is 18.8 Å². The summed E-state index contributed by atoms with van der Waals surface area (Å²) >= 11 is 0. The zero-order valence-electron chi connectivity index (χ0n) is 9.11. The molecule has 14 heavy (non-hydrogen) atoms. The van der Waals surface area contributed by atoms with Crippen LogP contribution in [0.25, 0.3) is 0 Å². The second kappa shape index (κ2) is 5.08. The van der Waals surface area contributed by atoms with Gasteiger partial charge < -0.3 is 15.8 Å². The lowest BCUT2D eigenvalue weighted by Gasteiger charge is -2.30. The molecular formula is C10H21N3O. The van der Waals surface area contributed by atoms with Crippen molar-refractivity contribution in [2.24, 2.45) is 16.8 Å². The van der Waals surface area contributed by atoms with Crippen LogP contribution in [-0.2, 0) is 0 Å². The van der Waals surface area contributed by atoms with Gasteiger partial charge >= 0.3 is 0 Å². The molecule has 1 aliphatic rings. The standard InChI is InChI=1S/C10H21N3O/c1-8(2)7-13(10(11)12-14)9-5-3-4-6-9/h8-9,14H,3-7H2,1-2H3,(H2,11,12). The normalized spacial score (nSPS) is 19.2. The van der Waals surface area contributed by atoms with E-state index in [1.807, 2.05) is 4.90 Å². The molecular weight excluding hydrogens is 178 g/mol. The topological polar surface area (TPSA) is 61.8 Å². The lowest BCUT2D eigenvalue weighted by molar-refractivity contribution is 0.251. The van der Waals surface area contributed by atoms with Crippen LogP contribution in [0.5, 0.6) is 0 Å². The van der Waals surface area contributed by atoms with Gasteiger partial charge in [-0.3, -0.25) is 0 Å². The molecule has 0 aromatic heterocycles. The van der Waals surface area contributed by atoms with Gasteiger partial charge in [-0.15, -0.1) is 0 Å². The molecule has 0 amide bonds. The van der Waals surface area contributed by atoms with Crippen molar-refractivity contribution in [1.82, 2.24) is 4.90 Å². The SMILES string of the molecule is CC(C)CN(C(N)=NO)C1CCCC1. The number of hydrogen-bond donors (Lipinski definition) is 2. The summed E-state index contributed by atoms with van der Waals surface area (Å²) in [5.74, 6) is 0.807. The molecule has 0 radical (unpaired) electrons. The fourth-order valence-electron chi connectivity index (χ4n) is 2.10. The van der Waals surface area contributed by atoms with Crippen LogP contribution < -0.4 is 5.73 Å². The molecule has 1 rings (SSSR count). The van der Waals surface area contributed by atoms with Crippen molar-refractivity contribution in [3.8, 4) is 0 Å². The Bertz CT molecular complexity index is 198. The van der Waals surface area contributed by atoms with E-state index >= 15 is 0 Å². The van der Waals surface area contributed by atoms with Crippen molar-refractivity contribution in [3.05, 3.63) is 0 Å². The Morgan fingerprint density at radius 2 is 2.07 bits per heavy atom. The predicted octanol–water partition coefficient (Wildman–Crippen LogP) is 1.59. The molecule has 1 saturated carbocycles. The summed E-state index contributed by atoms with van der Waals surface area (Å²) in [6.07, 6.45) is 4.86. The maximum absolute atomic E-state index is 8.70. The van der Waals surface area contributed by atoms with Crippen LogP contribution in [0.4, 0.5) is 0 Å². The zero-order chi connectivity index (χ0) is 10.6. The van der Waals surface area contributed by atoms with E-state index in [1.54, 1.807) is 0 Å². The fraction of sp³-hybridized carbons (Fsp3) is 0.900. The summed E-state index contributed by atoms with van der Waals surface area (Å²) in [5.41, 5.74) is 5.67. The highest BCUT2D eigenvalue weighted by atomic mass is 16.4. The second-order valence-electron chi connectivity index (χ2n) is 4.44. The van der Waals surface area contributed by atoms with Crippen LogP contribution >= 0.6 is 0 Å². The first-order chi connectivity index (χ1) is 6.65. The first-order valence-electron chi connectivity index (χ1n) is 5.39. The predicted molar refractivity (Wildman–Crippen MR) is 57.2 cm³/mol. The largest absolute Gasteiger partial charge is 0.408 e. The van der Waals surface area contributed by atoms with Crippen LogP contribution in [0.15, 0.2) is 5.16 Å². The van der Waals surface area contributed by atoms with Crippen molar-refractivity contribution >= 4 is 5.96 Å². The van der Waals surface area contributed by atoms with E-state index in [4.69, 9.17) is 10.9 Å². The molecule has 82 valence electrons. The number of hydrogen-bond acceptors (Lipinski definition) is 2. The van der Waals surface area contributed by atoms with Gasteiger partial charge in [-0.25, -0.2) is 0 Å². The smallest absolute Gasteiger partial charge is 0.233 e. The van der Waals surface area contributed by atoms with Crippen molar-refractivity contribution in [3.63, 3.8) is 0 Å². The van der Waals surface area contributed by atoms with Gasteiger partial charge in [-0.2, -0.15) is 0 Å². The Morgan fingerprint density at radius 3 is 2.50 bits per heavy atom. The van der Waals surface area contributed by atoms with E-state index in [0.29, 0.717) is 12.0 Å². The van der Waals surface area contributed by atoms with Crippen molar-refractivity contribution in [2.45, 2.75) is 45.6 Å². The molecule has 0 aromatic rings. The van der Waals surface area contributed by atoms with Crippen LogP contribution in [0, 0.1) is 5.92 Å². The van der Waals surface area contributed by atoms with Crippen LogP contribution in [0.2, 0.25) is 0 Å². The first kappa shape index (κ1) is 11.1. The molecule has 0 saturated heterocycles. The minimum absolute atomic E-state index is 0.269. The van der Waals surface area contributed by atoms with Gasteiger partial charge in [0.05, 0.1) is 0 Å². The Hall–Kier alpha value is -0.930. The molecule has 4 nitrogen and oxygen atoms in total. The summed E-state index contributed by atoms with van der Waals surface area (Å²) in [4.78, 5) is 2.04. The van der Waals surface area contributed by atoms with E-state index in [2.05, 4.69) is 19.0 Å². The number of oxime groups is 1. The first-order valence-corrected chi connectivity index (χ1v) is 5.39. The third kappa shape index (κ3) is 2.79. The van der Waals surface area contributed by atoms with Crippen LogP contribution in [0.3, 0.4) is 0 Å². The highest BCUT2D eigenvalue weighted by molar-refractivity contribution is 5.77. The molecule has 0 atom stereocenters. The second-order valence-corrected chi connectivity index (χ2v) is 4.44. The molecule has 0 heterocycles. The van der Waals surface area contributed by atoms with Crippen LogP contribution in [0.1, 0.15) is 39.5 Å². The Labute approximate surface area is 85.8 Å². The molecule has 3 N–H and O–H groups in total. The lowest BCUT2D eigenvalue weighted by atomic mass is 10.1. The summed E-state index contributed by atoms with van der Waals surface area (Å²) in [5, 5.41) is 11.8. The number of nitrogens with zero attached hydrogens (tertiary/aromatic N) is 2. The van der Waals surface area contributed by atoms with E-state index in [0.717, 1.165) is 6.54 Å². The van der Waals surface area contributed by atoms with Crippen molar-refractivity contribution < 1.29 is 5.21 Å². The maximum Gasteiger partial charge on any atom is 0.233 e. The summed E-state index contributed by atoms with van der Waals surface area (Å²) < 4.78 is 0. The highest BCUT2D eigenvalue weighted by Gasteiger charge is 2.24. The number of nitrogens with two attached hydrogens (primary N) is 1. The average molecular weight is 199 g/mol. The van der Waals surface area contributed by atoms with Gasteiger partial charge in [0.15, 0.2) is 0 Å². The van der Waals surface area contributed by atoms with Gasteiger partial charge in [0.25, 0.3) is 0 Å². The Balaban J connectivity index is 2.60. The van der Waals surface area contributed by atoms with E-state index in [-0.39, 0.29) is 5.96 Å². The van der Waals surface area contributed by atoms with E-state index in [9.17, 15) is 0 Å². The fourth-order valence-corrected chi connectivity index (χ4v) is 2.10. The Kier molecular flexibility index (Phi) is 4.04. The molecule has 4 heteroatoms. The zero-order valence-corrected chi connectivity index (χ0v) is 9.11. The van der Waals surface area contributed by atoms with E-state index < -0.39 is 0 Å². The minimum atomic E-state index is 0.269. The average Bonchev–Trinajstić information content (AvgIpc) is 2.65. The van der Waals surface area contributed by atoms with Gasteiger partial charge in [0.2, 0.25) is 5.96 Å². The quantitative estimate of drug-likeness (QED) is 0.314. The maximum atomic E-state index is 8.70. The summed E-state index contributed by atoms with van der Waals surface area (Å²) in [6, 6.07) is 0.480. The number of rotatable bonds is 3. The molecule has 0 spiro atoms.